The normalized spacial score (nSPS) is 22.9. The molecule has 9 N–H and O–H groups in total. The number of carbonyl (C=O) groups excluding carboxylic acids is 1. The number of carbonyl (C=O) groups is 1. The minimum Gasteiger partial charge on any atom is -0.394 e. The van der Waals surface area contributed by atoms with Crippen LogP contribution in [0, 0.1) is 0 Å². The van der Waals surface area contributed by atoms with Crippen molar-refractivity contribution in [3.63, 3.8) is 0 Å². The summed E-state index contributed by atoms with van der Waals surface area (Å²) in [5.41, 5.74) is 0. The zero-order valence-corrected chi connectivity index (χ0v) is 58.0. The van der Waals surface area contributed by atoms with Gasteiger partial charge in [0.05, 0.1) is 32.0 Å². The van der Waals surface area contributed by atoms with Crippen molar-refractivity contribution in [3.8, 4) is 0 Å². The van der Waals surface area contributed by atoms with Gasteiger partial charge in [0, 0.05) is 6.42 Å². The van der Waals surface area contributed by atoms with Crippen molar-refractivity contribution in [1.29, 1.82) is 0 Å². The first-order valence-electron chi connectivity index (χ1n) is 38.8. The van der Waals surface area contributed by atoms with E-state index >= 15 is 0 Å². The molecule has 0 saturated carbocycles. The Bertz CT molecular complexity index is 1500. The number of hydrogen-bond acceptors (Lipinski definition) is 13. The highest BCUT2D eigenvalue weighted by atomic mass is 16.7. The van der Waals surface area contributed by atoms with Crippen LogP contribution in [0.4, 0.5) is 0 Å². The maximum absolute atomic E-state index is 13.4. The van der Waals surface area contributed by atoms with Crippen LogP contribution in [0.2, 0.25) is 0 Å². The van der Waals surface area contributed by atoms with E-state index in [1.165, 1.54) is 302 Å². The lowest BCUT2D eigenvalue weighted by Crippen LogP contribution is -2.65. The van der Waals surface area contributed by atoms with Crippen molar-refractivity contribution >= 4 is 5.91 Å². The molecule has 14 nitrogen and oxygen atoms in total. The summed E-state index contributed by atoms with van der Waals surface area (Å²) in [6, 6.07) is -0.825. The third-order valence-electron chi connectivity index (χ3n) is 19.6. The van der Waals surface area contributed by atoms with Crippen molar-refractivity contribution < 1.29 is 64.6 Å². The Morgan fingerprint density at radius 1 is 0.360 bits per heavy atom. The predicted octanol–water partition coefficient (Wildman–Crippen LogP) is 16.7. The van der Waals surface area contributed by atoms with E-state index in [4.69, 9.17) is 18.9 Å². The summed E-state index contributed by atoms with van der Waals surface area (Å²) in [7, 11) is 0. The largest absolute Gasteiger partial charge is 0.394 e. The fraction of sp³-hybridized carbons (Fsp3) is 0.987. The Hall–Kier alpha value is -1.01. The fourth-order valence-electron chi connectivity index (χ4n) is 13.4. The van der Waals surface area contributed by atoms with E-state index in [2.05, 4.69) is 19.2 Å². The van der Waals surface area contributed by atoms with Gasteiger partial charge in [-0.15, -0.1) is 0 Å². The third kappa shape index (κ3) is 44.4. The SMILES string of the molecule is CCCCCCCCCCCCCCCCCCCCCCCCCCCCCCCCCCCCCC(=O)NC(COC1OC(CO)C(OC2OC(CO)C(O)C(O)C2O)C(O)C1O)C(O)CCCCCCCCCCCCCCCCCCCCCC. The van der Waals surface area contributed by atoms with E-state index in [9.17, 15) is 45.6 Å². The number of unbranched alkanes of at least 4 members (excludes halogenated alkanes) is 53. The predicted molar refractivity (Wildman–Crippen MR) is 365 cm³/mol. The molecule has 2 aliphatic heterocycles. The van der Waals surface area contributed by atoms with Crippen LogP contribution in [0.25, 0.3) is 0 Å². The van der Waals surface area contributed by atoms with Crippen LogP contribution in [-0.4, -0.2) is 140 Å². The average molecular weight is 1270 g/mol. The molecule has 12 unspecified atom stereocenters. The topological polar surface area (TPSA) is 228 Å². The number of nitrogens with one attached hydrogen (secondary N) is 1. The van der Waals surface area contributed by atoms with Gasteiger partial charge in [-0.25, -0.2) is 0 Å². The van der Waals surface area contributed by atoms with Crippen LogP contribution in [-0.2, 0) is 23.7 Å². The summed E-state index contributed by atoms with van der Waals surface area (Å²) in [6.45, 7) is 2.94. The van der Waals surface area contributed by atoms with Crippen molar-refractivity contribution in [2.45, 2.75) is 453 Å². The summed E-state index contributed by atoms with van der Waals surface area (Å²) in [5.74, 6) is -0.196. The zero-order chi connectivity index (χ0) is 64.5. The number of rotatable bonds is 66. The molecule has 2 fully saturated rings. The summed E-state index contributed by atoms with van der Waals surface area (Å²) in [5, 5.41) is 87.7. The fourth-order valence-corrected chi connectivity index (χ4v) is 13.4. The second-order valence-corrected chi connectivity index (χ2v) is 27.9. The Morgan fingerprint density at radius 3 is 0.955 bits per heavy atom. The van der Waals surface area contributed by atoms with Crippen molar-refractivity contribution in [1.82, 2.24) is 5.32 Å². The van der Waals surface area contributed by atoms with Gasteiger partial charge >= 0.3 is 0 Å². The molecule has 0 aliphatic carbocycles. The summed E-state index contributed by atoms with van der Waals surface area (Å²) < 4.78 is 23.0. The molecule has 0 radical (unpaired) electrons. The second-order valence-electron chi connectivity index (χ2n) is 27.9. The molecule has 0 aromatic carbocycles. The number of aliphatic hydroxyl groups is 8. The molecular weight excluding hydrogens is 1120 g/mol. The molecule has 2 aliphatic rings. The molecule has 14 heteroatoms. The molecule has 0 aromatic heterocycles. The first kappa shape index (κ1) is 84.1. The first-order chi connectivity index (χ1) is 43.6. The van der Waals surface area contributed by atoms with Crippen LogP contribution in [0.1, 0.15) is 380 Å². The van der Waals surface area contributed by atoms with E-state index in [1.807, 2.05) is 0 Å². The number of amides is 1. The zero-order valence-electron chi connectivity index (χ0n) is 58.0. The average Bonchev–Trinajstić information content (AvgIpc) is 3.62. The second kappa shape index (κ2) is 60.6. The number of hydrogen-bond donors (Lipinski definition) is 9. The van der Waals surface area contributed by atoms with E-state index < -0.39 is 86.8 Å². The Kier molecular flexibility index (Phi) is 57.3. The maximum atomic E-state index is 13.4. The minimum atomic E-state index is -1.78. The summed E-state index contributed by atoms with van der Waals surface area (Å²) >= 11 is 0. The third-order valence-corrected chi connectivity index (χ3v) is 19.6. The lowest BCUT2D eigenvalue weighted by molar-refractivity contribution is -0.359. The van der Waals surface area contributed by atoms with Crippen molar-refractivity contribution in [2.24, 2.45) is 0 Å². The standard InChI is InChI=1S/C75H147NO13/c1-3-5-7-9-11-13-15-17-19-21-23-25-26-27-28-29-30-31-32-33-34-35-36-37-38-39-41-43-45-47-49-51-53-55-57-59-67(80)76-63(64(79)58-56-54-52-50-48-46-44-42-40-24-22-20-18-16-14-12-10-8-6-4-2)62-86-74-72(85)70(83)73(66(61-78)88-74)89-75-71(84)69(82)68(81)65(60-77)87-75/h63-66,68-75,77-79,81-85H,3-62H2,1-2H3,(H,76,80). The van der Waals surface area contributed by atoms with Gasteiger partial charge in [-0.2, -0.15) is 0 Å². The lowest BCUT2D eigenvalue weighted by Gasteiger charge is -2.46. The highest BCUT2D eigenvalue weighted by molar-refractivity contribution is 5.76. The van der Waals surface area contributed by atoms with Crippen LogP contribution < -0.4 is 5.32 Å². The van der Waals surface area contributed by atoms with Gasteiger partial charge in [0.25, 0.3) is 0 Å². The molecule has 0 bridgehead atoms. The van der Waals surface area contributed by atoms with Crippen LogP contribution >= 0.6 is 0 Å². The molecule has 0 spiro atoms. The van der Waals surface area contributed by atoms with Gasteiger partial charge in [-0.05, 0) is 12.8 Å². The number of aliphatic hydroxyl groups excluding tert-OH is 8. The van der Waals surface area contributed by atoms with Gasteiger partial charge in [0.15, 0.2) is 12.6 Å². The molecule has 1 amide bonds. The summed E-state index contributed by atoms with van der Waals surface area (Å²) in [4.78, 5) is 13.4. The Morgan fingerprint density at radius 2 is 0.640 bits per heavy atom. The monoisotopic (exact) mass is 1270 g/mol. The summed E-state index contributed by atoms with van der Waals surface area (Å²) in [6.07, 6.45) is 57.2. The van der Waals surface area contributed by atoms with Gasteiger partial charge in [-0.3, -0.25) is 4.79 Å². The lowest BCUT2D eigenvalue weighted by atomic mass is 9.97. The molecule has 0 aromatic rings. The quantitative estimate of drug-likeness (QED) is 0.0259. The Labute approximate surface area is 546 Å². The highest BCUT2D eigenvalue weighted by Crippen LogP contribution is 2.30. The molecule has 12 atom stereocenters. The van der Waals surface area contributed by atoms with Crippen LogP contribution in [0.5, 0.6) is 0 Å². The van der Waals surface area contributed by atoms with E-state index in [-0.39, 0.29) is 12.5 Å². The minimum absolute atomic E-state index is 0.196. The van der Waals surface area contributed by atoms with E-state index in [0.717, 1.165) is 51.4 Å². The molecule has 530 valence electrons. The van der Waals surface area contributed by atoms with Gasteiger partial charge in [-0.1, -0.05) is 361 Å². The van der Waals surface area contributed by atoms with Gasteiger partial charge in [0.2, 0.25) is 5.91 Å². The molecule has 89 heavy (non-hydrogen) atoms. The van der Waals surface area contributed by atoms with E-state index in [0.29, 0.717) is 12.8 Å². The molecule has 2 heterocycles. The van der Waals surface area contributed by atoms with Crippen LogP contribution in [0.3, 0.4) is 0 Å². The Balaban J connectivity index is 1.58. The first-order valence-corrected chi connectivity index (χ1v) is 38.8. The van der Waals surface area contributed by atoms with Crippen LogP contribution in [0.15, 0.2) is 0 Å². The van der Waals surface area contributed by atoms with E-state index in [1.54, 1.807) is 0 Å². The van der Waals surface area contributed by atoms with Crippen molar-refractivity contribution in [2.75, 3.05) is 19.8 Å². The molecule has 2 saturated heterocycles. The van der Waals surface area contributed by atoms with Crippen molar-refractivity contribution in [3.05, 3.63) is 0 Å². The maximum Gasteiger partial charge on any atom is 0.220 e. The van der Waals surface area contributed by atoms with Gasteiger partial charge < -0.3 is 65.1 Å². The number of ether oxygens (including phenoxy) is 4. The van der Waals surface area contributed by atoms with Gasteiger partial charge in [0.1, 0.15) is 48.8 Å². The molecular formula is C75H147NO13. The highest BCUT2D eigenvalue weighted by Gasteiger charge is 2.51. The smallest absolute Gasteiger partial charge is 0.220 e. The molecule has 2 rings (SSSR count).